The lowest BCUT2D eigenvalue weighted by atomic mass is 10.3. The van der Waals surface area contributed by atoms with Gasteiger partial charge in [-0.15, -0.1) is 0 Å². The van der Waals surface area contributed by atoms with Gasteiger partial charge in [-0.25, -0.2) is 4.68 Å². The van der Waals surface area contributed by atoms with E-state index in [2.05, 4.69) is 10.4 Å². The van der Waals surface area contributed by atoms with Crippen molar-refractivity contribution in [2.24, 2.45) is 0 Å². The first kappa shape index (κ1) is 14.1. The Morgan fingerprint density at radius 3 is 2.65 bits per heavy atom. The second-order valence-corrected chi connectivity index (χ2v) is 4.94. The van der Waals surface area contributed by atoms with Crippen LogP contribution in [-0.2, 0) is 6.54 Å². The lowest BCUT2D eigenvalue weighted by molar-refractivity contribution is -0.384. The summed E-state index contributed by atoms with van der Waals surface area (Å²) in [6.07, 6.45) is 0. The zero-order chi connectivity index (χ0) is 14.9. The minimum atomic E-state index is -0.406. The van der Waals surface area contributed by atoms with Gasteiger partial charge in [0.15, 0.2) is 0 Å². The molecule has 20 heavy (non-hydrogen) atoms. The summed E-state index contributed by atoms with van der Waals surface area (Å²) >= 11 is 0. The molecule has 0 aliphatic carbocycles. The molecule has 0 aliphatic rings. The Labute approximate surface area is 116 Å². The fourth-order valence-electron chi connectivity index (χ4n) is 2.05. The molecular weight excluding hydrogens is 260 g/mol. The summed E-state index contributed by atoms with van der Waals surface area (Å²) in [7, 11) is 0. The summed E-state index contributed by atoms with van der Waals surface area (Å²) in [5.74, 6) is 1.95. The highest BCUT2D eigenvalue weighted by Gasteiger charge is 2.26. The number of aryl methyl sites for hydroxylation is 2. The van der Waals surface area contributed by atoms with Gasteiger partial charge in [-0.2, -0.15) is 5.10 Å². The van der Waals surface area contributed by atoms with Crippen molar-refractivity contribution in [3.05, 3.63) is 39.5 Å². The van der Waals surface area contributed by atoms with Gasteiger partial charge in [0.25, 0.3) is 0 Å². The van der Waals surface area contributed by atoms with Gasteiger partial charge in [-0.05, 0) is 39.8 Å². The molecule has 0 aliphatic heterocycles. The van der Waals surface area contributed by atoms with Crippen LogP contribution >= 0.6 is 0 Å². The first-order valence-corrected chi connectivity index (χ1v) is 6.42. The second-order valence-electron chi connectivity index (χ2n) is 4.94. The van der Waals surface area contributed by atoms with Crippen LogP contribution in [0.3, 0.4) is 0 Å². The van der Waals surface area contributed by atoms with Crippen LogP contribution in [0.1, 0.15) is 37.1 Å². The van der Waals surface area contributed by atoms with Gasteiger partial charge in [0, 0.05) is 6.04 Å². The number of rotatable bonds is 5. The molecule has 0 amide bonds. The molecule has 0 saturated heterocycles. The van der Waals surface area contributed by atoms with Crippen LogP contribution < -0.4 is 5.32 Å². The van der Waals surface area contributed by atoms with Crippen LogP contribution in [0.4, 0.5) is 11.5 Å². The quantitative estimate of drug-likeness (QED) is 0.670. The van der Waals surface area contributed by atoms with Gasteiger partial charge in [-0.1, -0.05) is 0 Å². The third kappa shape index (κ3) is 2.66. The smallest absolute Gasteiger partial charge is 0.333 e. The van der Waals surface area contributed by atoms with E-state index in [1.165, 1.54) is 0 Å². The fourth-order valence-corrected chi connectivity index (χ4v) is 2.05. The maximum absolute atomic E-state index is 11.2. The summed E-state index contributed by atoms with van der Waals surface area (Å²) in [5.41, 5.74) is 0.420. The summed E-state index contributed by atoms with van der Waals surface area (Å²) in [4.78, 5) is 10.8. The molecule has 0 spiro atoms. The van der Waals surface area contributed by atoms with E-state index in [4.69, 9.17) is 4.42 Å². The molecule has 0 unspecified atom stereocenters. The minimum absolute atomic E-state index is 0.0157. The van der Waals surface area contributed by atoms with Gasteiger partial charge < -0.3 is 9.73 Å². The van der Waals surface area contributed by atoms with Crippen molar-refractivity contribution < 1.29 is 9.34 Å². The Morgan fingerprint density at radius 2 is 2.15 bits per heavy atom. The average Bonchev–Trinajstić information content (AvgIpc) is 2.90. The molecule has 0 saturated carbocycles. The van der Waals surface area contributed by atoms with E-state index in [1.807, 2.05) is 32.9 Å². The summed E-state index contributed by atoms with van der Waals surface area (Å²) in [5, 5.41) is 18.5. The lowest BCUT2D eigenvalue weighted by Gasteiger charge is -2.11. The molecule has 0 aromatic carbocycles. The molecule has 108 valence electrons. The molecule has 1 N–H and O–H groups in total. The predicted molar refractivity (Wildman–Crippen MR) is 74.8 cm³/mol. The maximum Gasteiger partial charge on any atom is 0.333 e. The normalized spacial score (nSPS) is 11.1. The van der Waals surface area contributed by atoms with Gasteiger partial charge >= 0.3 is 5.69 Å². The van der Waals surface area contributed by atoms with Crippen molar-refractivity contribution in [2.45, 2.75) is 40.3 Å². The minimum Gasteiger partial charge on any atom is -0.465 e. The molecule has 0 bridgehead atoms. The lowest BCUT2D eigenvalue weighted by Crippen LogP contribution is -2.10. The van der Waals surface area contributed by atoms with E-state index in [0.717, 1.165) is 11.5 Å². The van der Waals surface area contributed by atoms with Crippen molar-refractivity contribution >= 4 is 11.5 Å². The molecule has 0 fully saturated rings. The number of nitrogens with one attached hydrogen (secondary N) is 1. The van der Waals surface area contributed by atoms with Gasteiger partial charge in [0.1, 0.15) is 17.2 Å². The zero-order valence-electron chi connectivity index (χ0n) is 12.0. The van der Waals surface area contributed by atoms with Crippen LogP contribution in [0.25, 0.3) is 0 Å². The highest BCUT2D eigenvalue weighted by Crippen LogP contribution is 2.30. The molecule has 2 aromatic rings. The van der Waals surface area contributed by atoms with E-state index in [-0.39, 0.29) is 11.7 Å². The van der Waals surface area contributed by atoms with E-state index in [0.29, 0.717) is 18.1 Å². The molecule has 7 nitrogen and oxygen atoms in total. The van der Waals surface area contributed by atoms with Crippen molar-refractivity contribution in [3.63, 3.8) is 0 Å². The Bertz CT molecular complexity index is 628. The highest BCUT2D eigenvalue weighted by atomic mass is 16.6. The maximum atomic E-state index is 11.2. The van der Waals surface area contributed by atoms with E-state index in [9.17, 15) is 10.1 Å². The number of hydrogen-bond donors (Lipinski definition) is 1. The number of nitrogens with zero attached hydrogens (tertiary/aromatic N) is 3. The fraction of sp³-hybridized carbons (Fsp3) is 0.462. The monoisotopic (exact) mass is 278 g/mol. The average molecular weight is 278 g/mol. The largest absolute Gasteiger partial charge is 0.465 e. The Morgan fingerprint density at radius 1 is 1.45 bits per heavy atom. The Balaban J connectivity index is 2.31. The SMILES string of the molecule is Cc1ccc(CNc2c([N+](=O)[O-])c(C)nn2C(C)C)o1. The van der Waals surface area contributed by atoms with Crippen LogP contribution in [0.2, 0.25) is 0 Å². The van der Waals surface area contributed by atoms with Crippen LogP contribution in [0.15, 0.2) is 16.5 Å². The Kier molecular flexibility index (Phi) is 3.78. The highest BCUT2D eigenvalue weighted by molar-refractivity contribution is 5.59. The predicted octanol–water partition coefficient (Wildman–Crippen LogP) is 3.19. The summed E-state index contributed by atoms with van der Waals surface area (Å²) in [6.45, 7) is 7.73. The van der Waals surface area contributed by atoms with E-state index < -0.39 is 4.92 Å². The molecule has 0 atom stereocenters. The van der Waals surface area contributed by atoms with E-state index in [1.54, 1.807) is 11.6 Å². The third-order valence-corrected chi connectivity index (χ3v) is 2.95. The Hall–Kier alpha value is -2.31. The standard InChI is InChI=1S/C13H18N4O3/c1-8(2)16-13(12(17(18)19)10(4)15-16)14-7-11-6-5-9(3)20-11/h5-6,8,14H,7H2,1-4H3. The first-order valence-electron chi connectivity index (χ1n) is 6.42. The van der Waals surface area contributed by atoms with Crippen molar-refractivity contribution in [2.75, 3.05) is 5.32 Å². The zero-order valence-corrected chi connectivity index (χ0v) is 12.0. The van der Waals surface area contributed by atoms with Crippen LogP contribution in [0, 0.1) is 24.0 Å². The van der Waals surface area contributed by atoms with Gasteiger partial charge in [0.05, 0.1) is 11.5 Å². The summed E-state index contributed by atoms with van der Waals surface area (Å²) in [6, 6.07) is 3.73. The number of nitro groups is 1. The molecule has 7 heteroatoms. The van der Waals surface area contributed by atoms with E-state index >= 15 is 0 Å². The second kappa shape index (κ2) is 5.36. The molecule has 2 aromatic heterocycles. The molecular formula is C13H18N4O3. The third-order valence-electron chi connectivity index (χ3n) is 2.95. The van der Waals surface area contributed by atoms with Crippen molar-refractivity contribution in [3.8, 4) is 0 Å². The topological polar surface area (TPSA) is 86.1 Å². The van der Waals surface area contributed by atoms with Crippen LogP contribution in [0.5, 0.6) is 0 Å². The number of anilines is 1. The molecule has 2 heterocycles. The molecule has 2 rings (SSSR count). The summed E-state index contributed by atoms with van der Waals surface area (Å²) < 4.78 is 7.08. The van der Waals surface area contributed by atoms with Gasteiger partial charge in [0.2, 0.25) is 5.82 Å². The molecule has 0 radical (unpaired) electrons. The van der Waals surface area contributed by atoms with Crippen LogP contribution in [-0.4, -0.2) is 14.7 Å². The van der Waals surface area contributed by atoms with Crippen molar-refractivity contribution in [1.82, 2.24) is 9.78 Å². The number of aromatic nitrogens is 2. The van der Waals surface area contributed by atoms with Crippen molar-refractivity contribution in [1.29, 1.82) is 0 Å². The number of furan rings is 1. The number of hydrogen-bond acceptors (Lipinski definition) is 5. The van der Waals surface area contributed by atoms with Gasteiger partial charge in [-0.3, -0.25) is 10.1 Å². The first-order chi connectivity index (χ1) is 9.40.